The van der Waals surface area contributed by atoms with Crippen LogP contribution in [0.15, 0.2) is 6.20 Å². The Hall–Kier alpha value is -0.628. The van der Waals surface area contributed by atoms with Crippen LogP contribution in [0.25, 0.3) is 0 Å². The zero-order chi connectivity index (χ0) is 20.6. The first kappa shape index (κ1) is 21.1. The van der Waals surface area contributed by atoms with Crippen molar-refractivity contribution >= 4 is 20.9 Å². The summed E-state index contributed by atoms with van der Waals surface area (Å²) in [5.74, 6) is 0. The minimum Gasteiger partial charge on any atom is -0.408 e. The van der Waals surface area contributed by atoms with E-state index in [4.69, 9.17) is 13.7 Å². The smallest absolute Gasteiger partial charge is 0.408 e. The number of nitrogens with zero attached hydrogens (tertiary/aromatic N) is 2. The lowest BCUT2D eigenvalue weighted by molar-refractivity contribution is 0.00578. The molecule has 1 saturated heterocycles. The summed E-state index contributed by atoms with van der Waals surface area (Å²) in [6.07, 6.45) is 1.91. The topological polar surface area (TPSA) is 45.5 Å². The minimum atomic E-state index is -1.94. The molecule has 1 fully saturated rings. The van der Waals surface area contributed by atoms with Gasteiger partial charge in [0.25, 0.3) is 0 Å². The number of fused-ring (bicyclic) bond motifs is 1. The molecule has 2 aliphatic rings. The quantitative estimate of drug-likeness (QED) is 0.720. The molecule has 0 bridgehead atoms. The van der Waals surface area contributed by atoms with Gasteiger partial charge in [0, 0.05) is 23.6 Å². The Bertz CT molecular complexity index is 718. The zero-order valence-electron chi connectivity index (χ0n) is 19.1. The van der Waals surface area contributed by atoms with E-state index in [1.54, 1.807) is 0 Å². The Morgan fingerprint density at radius 1 is 1.11 bits per heavy atom. The monoisotopic (exact) mass is 392 g/mol. The van der Waals surface area contributed by atoms with Gasteiger partial charge in [-0.2, -0.15) is 5.10 Å². The van der Waals surface area contributed by atoms with Crippen LogP contribution in [0.4, 0.5) is 0 Å². The summed E-state index contributed by atoms with van der Waals surface area (Å²) in [4.78, 5) is 0. The van der Waals surface area contributed by atoms with Crippen molar-refractivity contribution in [3.8, 4) is 0 Å². The second-order valence-corrected chi connectivity index (χ2v) is 16.2. The maximum Gasteiger partial charge on any atom is 0.498 e. The molecule has 3 heterocycles. The van der Waals surface area contributed by atoms with E-state index in [0.717, 1.165) is 17.7 Å². The summed E-state index contributed by atoms with van der Waals surface area (Å²) in [5, 5.41) is 4.82. The fraction of sp³-hybridized carbons (Fsp3) is 0.850. The third kappa shape index (κ3) is 3.34. The summed E-state index contributed by atoms with van der Waals surface area (Å²) in [5.41, 5.74) is 1.40. The van der Waals surface area contributed by atoms with Gasteiger partial charge >= 0.3 is 7.12 Å². The van der Waals surface area contributed by atoms with E-state index in [-0.39, 0.29) is 27.8 Å². The largest absolute Gasteiger partial charge is 0.498 e. The number of rotatable bonds is 3. The molecular formula is C20H37BN2O3Si. The highest BCUT2D eigenvalue weighted by molar-refractivity contribution is 6.74. The first-order chi connectivity index (χ1) is 12.0. The van der Waals surface area contributed by atoms with E-state index in [1.165, 1.54) is 0 Å². The van der Waals surface area contributed by atoms with Gasteiger partial charge < -0.3 is 13.7 Å². The summed E-state index contributed by atoms with van der Waals surface area (Å²) >= 11 is 0. The van der Waals surface area contributed by atoms with E-state index in [2.05, 4.69) is 85.2 Å². The summed E-state index contributed by atoms with van der Waals surface area (Å²) in [6, 6.07) is 0. The number of aromatic nitrogens is 2. The molecule has 1 atom stereocenters. The van der Waals surface area contributed by atoms with Crippen LogP contribution < -0.4 is 5.46 Å². The van der Waals surface area contributed by atoms with Gasteiger partial charge in [-0.15, -0.1) is 0 Å². The van der Waals surface area contributed by atoms with Gasteiger partial charge in [0.05, 0.1) is 23.0 Å². The molecule has 3 rings (SSSR count). The fourth-order valence-electron chi connectivity index (χ4n) is 3.50. The third-order valence-corrected chi connectivity index (χ3v) is 11.6. The Labute approximate surface area is 166 Å². The molecule has 0 saturated carbocycles. The highest BCUT2D eigenvalue weighted by Gasteiger charge is 2.55. The van der Waals surface area contributed by atoms with Crippen LogP contribution in [0.1, 0.15) is 74.1 Å². The van der Waals surface area contributed by atoms with Crippen LogP contribution in [-0.2, 0) is 20.3 Å². The predicted octanol–water partition coefficient (Wildman–Crippen LogP) is 4.29. The van der Waals surface area contributed by atoms with Crippen molar-refractivity contribution in [3.05, 3.63) is 11.9 Å². The molecule has 0 radical (unpaired) electrons. The van der Waals surface area contributed by atoms with Crippen LogP contribution in [0.3, 0.4) is 0 Å². The molecule has 1 unspecified atom stereocenters. The van der Waals surface area contributed by atoms with Gasteiger partial charge in [-0.1, -0.05) is 34.6 Å². The molecular weight excluding hydrogens is 355 g/mol. The highest BCUT2D eigenvalue weighted by atomic mass is 28.4. The lowest BCUT2D eigenvalue weighted by atomic mass is 9.76. The molecule has 0 aromatic carbocycles. The Morgan fingerprint density at radius 2 is 1.63 bits per heavy atom. The summed E-state index contributed by atoms with van der Waals surface area (Å²) < 4.78 is 21.7. The van der Waals surface area contributed by atoms with E-state index in [1.807, 2.05) is 6.20 Å². The van der Waals surface area contributed by atoms with Crippen molar-refractivity contribution in [2.75, 3.05) is 0 Å². The van der Waals surface area contributed by atoms with Gasteiger partial charge in [-0.3, -0.25) is 4.68 Å². The first-order valence-electron chi connectivity index (χ1n) is 10.1. The Balaban J connectivity index is 1.99. The van der Waals surface area contributed by atoms with Gasteiger partial charge in [0.1, 0.15) is 0 Å². The molecule has 5 nitrogen and oxygen atoms in total. The van der Waals surface area contributed by atoms with Gasteiger partial charge in [0.2, 0.25) is 0 Å². The minimum absolute atomic E-state index is 0.00471. The third-order valence-electron chi connectivity index (χ3n) is 7.15. The van der Waals surface area contributed by atoms with E-state index >= 15 is 0 Å². The van der Waals surface area contributed by atoms with Crippen molar-refractivity contribution in [2.24, 2.45) is 5.41 Å². The Morgan fingerprint density at radius 3 is 2.11 bits per heavy atom. The van der Waals surface area contributed by atoms with Crippen molar-refractivity contribution < 1.29 is 13.7 Å². The van der Waals surface area contributed by atoms with Crippen LogP contribution in [-0.4, -0.2) is 36.4 Å². The SMILES string of the molecule is CC1(C)Cn2ncc(B3OC(C)(C)C(C)(C)O3)c2C1O[Si](C)(C)C(C)(C)C. The molecule has 1 aromatic heterocycles. The van der Waals surface area contributed by atoms with E-state index in [9.17, 15) is 0 Å². The normalized spacial score (nSPS) is 26.5. The molecule has 7 heteroatoms. The highest BCUT2D eigenvalue weighted by Crippen LogP contribution is 2.49. The van der Waals surface area contributed by atoms with Gasteiger partial charge in [0.15, 0.2) is 8.32 Å². The van der Waals surface area contributed by atoms with Crippen molar-refractivity contribution in [2.45, 2.75) is 104 Å². The Kier molecular flexibility index (Phi) is 4.64. The molecule has 2 aliphatic heterocycles. The van der Waals surface area contributed by atoms with Crippen LogP contribution in [0.2, 0.25) is 18.1 Å². The number of hydrogen-bond acceptors (Lipinski definition) is 4. The van der Waals surface area contributed by atoms with Crippen molar-refractivity contribution in [1.29, 1.82) is 0 Å². The average molecular weight is 392 g/mol. The molecule has 27 heavy (non-hydrogen) atoms. The molecule has 152 valence electrons. The number of hydrogen-bond donors (Lipinski definition) is 0. The second-order valence-electron chi connectivity index (χ2n) is 11.5. The van der Waals surface area contributed by atoms with Crippen molar-refractivity contribution in [1.82, 2.24) is 9.78 Å². The second kappa shape index (κ2) is 5.94. The summed E-state index contributed by atoms with van der Waals surface area (Å²) in [7, 11) is -2.35. The van der Waals surface area contributed by atoms with Crippen LogP contribution in [0.5, 0.6) is 0 Å². The van der Waals surface area contributed by atoms with Crippen molar-refractivity contribution in [3.63, 3.8) is 0 Å². The molecule has 0 aliphatic carbocycles. The summed E-state index contributed by atoms with van der Waals surface area (Å²) in [6.45, 7) is 25.2. The molecule has 0 N–H and O–H groups in total. The molecule has 1 aromatic rings. The average Bonchev–Trinajstić information content (AvgIpc) is 3.00. The predicted molar refractivity (Wildman–Crippen MR) is 113 cm³/mol. The molecule has 0 spiro atoms. The standard InChI is InChI=1S/C20H37BN2O3Si/c1-17(2,3)27(10,11)24-16-15-14(12-22-23(15)13-18(16,4)5)21-25-19(6,7)20(8,9)26-21/h12,16H,13H2,1-11H3. The van der Waals surface area contributed by atoms with Gasteiger partial charge in [-0.05, 0) is 45.8 Å². The van der Waals surface area contributed by atoms with E-state index < -0.39 is 15.4 Å². The van der Waals surface area contributed by atoms with E-state index in [0.29, 0.717) is 0 Å². The lowest BCUT2D eigenvalue weighted by Gasteiger charge is -2.41. The maximum atomic E-state index is 6.93. The van der Waals surface area contributed by atoms with Crippen LogP contribution >= 0.6 is 0 Å². The van der Waals surface area contributed by atoms with Gasteiger partial charge in [-0.25, -0.2) is 0 Å². The first-order valence-corrected chi connectivity index (χ1v) is 13.0. The lowest BCUT2D eigenvalue weighted by Crippen LogP contribution is -2.45. The molecule has 0 amide bonds. The van der Waals surface area contributed by atoms with Crippen LogP contribution in [0, 0.1) is 5.41 Å². The maximum absolute atomic E-state index is 6.93. The zero-order valence-corrected chi connectivity index (χ0v) is 20.1. The fourth-order valence-corrected chi connectivity index (χ4v) is 4.87.